The molecule has 1 aliphatic rings. The first kappa shape index (κ1) is 26.7. The molecule has 4 aromatic rings. The van der Waals surface area contributed by atoms with E-state index in [1.807, 2.05) is 30.3 Å². The number of rotatable bonds is 6. The van der Waals surface area contributed by atoms with Crippen LogP contribution in [-0.2, 0) is 4.79 Å². The number of hydrogen-bond acceptors (Lipinski definition) is 3. The third-order valence-corrected chi connectivity index (χ3v) is 7.03. The van der Waals surface area contributed by atoms with Gasteiger partial charge in [-0.1, -0.05) is 41.4 Å². The second kappa shape index (κ2) is 11.8. The summed E-state index contributed by atoms with van der Waals surface area (Å²) in [5.74, 6) is -1.20. The summed E-state index contributed by atoms with van der Waals surface area (Å²) < 4.78 is 15.4. The summed E-state index contributed by atoms with van der Waals surface area (Å²) in [4.78, 5) is 28.7. The lowest BCUT2D eigenvalue weighted by Crippen LogP contribution is -2.41. The van der Waals surface area contributed by atoms with Gasteiger partial charge in [0.15, 0.2) is 0 Å². The molecule has 6 nitrogen and oxygen atoms in total. The largest absolute Gasteiger partial charge is 0.337 e. The molecule has 0 radical (unpaired) electrons. The fourth-order valence-electron chi connectivity index (χ4n) is 4.48. The van der Waals surface area contributed by atoms with Gasteiger partial charge in [0.25, 0.3) is 11.8 Å². The van der Waals surface area contributed by atoms with Crippen LogP contribution in [0.5, 0.6) is 0 Å². The van der Waals surface area contributed by atoms with E-state index in [9.17, 15) is 14.0 Å². The van der Waals surface area contributed by atoms with Gasteiger partial charge in [0.2, 0.25) is 0 Å². The minimum atomic E-state index is -0.535. The third-order valence-electron chi connectivity index (χ3n) is 6.48. The Morgan fingerprint density at radius 3 is 2.33 bits per heavy atom. The van der Waals surface area contributed by atoms with E-state index in [1.54, 1.807) is 40.1 Å². The monoisotopic (exact) mass is 562 g/mol. The van der Waals surface area contributed by atoms with Gasteiger partial charge < -0.3 is 10.2 Å². The second-order valence-corrected chi connectivity index (χ2v) is 10.1. The highest BCUT2D eigenvalue weighted by Crippen LogP contribution is 2.27. The van der Waals surface area contributed by atoms with Crippen LogP contribution in [-0.4, -0.2) is 39.6 Å². The fraction of sp³-hybridized carbons (Fsp3) is 0.167. The number of piperidine rings is 1. The quantitative estimate of drug-likeness (QED) is 0.264. The number of hydrogen-bond donors (Lipinski definition) is 1. The van der Waals surface area contributed by atoms with E-state index in [0.717, 1.165) is 24.9 Å². The van der Waals surface area contributed by atoms with Crippen molar-refractivity contribution in [2.24, 2.45) is 0 Å². The Labute approximate surface area is 235 Å². The second-order valence-electron chi connectivity index (χ2n) is 9.21. The van der Waals surface area contributed by atoms with Gasteiger partial charge in [-0.05, 0) is 79.9 Å². The van der Waals surface area contributed by atoms with Crippen molar-refractivity contribution >= 4 is 41.1 Å². The van der Waals surface area contributed by atoms with Gasteiger partial charge in [-0.2, -0.15) is 5.10 Å². The first-order valence-electron chi connectivity index (χ1n) is 12.6. The highest BCUT2D eigenvalue weighted by Gasteiger charge is 2.24. The Morgan fingerprint density at radius 1 is 0.923 bits per heavy atom. The van der Waals surface area contributed by atoms with Crippen LogP contribution in [0.15, 0.2) is 84.7 Å². The van der Waals surface area contributed by atoms with Crippen molar-refractivity contribution < 1.29 is 14.0 Å². The molecule has 0 aliphatic carbocycles. The maximum absolute atomic E-state index is 13.7. The van der Waals surface area contributed by atoms with Crippen LogP contribution in [0.3, 0.4) is 0 Å². The lowest BCUT2D eigenvalue weighted by Gasteiger charge is -2.27. The lowest BCUT2D eigenvalue weighted by atomic mass is 10.1. The standard InChI is InChI=1S/C30H25Cl2FN4O2/c31-22-11-14-25(26(32)18-22)29(38)34-27(30(39)36-15-5-2-6-16-36)17-21-19-37(24-7-3-1-4-8-24)35-28(21)20-9-12-23(33)13-10-20/h1,3-4,7-14,17-19H,2,5-6,15-16H2,(H,34,38)/b27-17-. The molecule has 1 aliphatic heterocycles. The Morgan fingerprint density at radius 2 is 1.64 bits per heavy atom. The van der Waals surface area contributed by atoms with Crippen LogP contribution in [0.2, 0.25) is 10.0 Å². The van der Waals surface area contributed by atoms with Gasteiger partial charge in [-0.25, -0.2) is 9.07 Å². The molecule has 198 valence electrons. The molecular formula is C30H25Cl2FN4O2. The van der Waals surface area contributed by atoms with Crippen molar-refractivity contribution in [2.45, 2.75) is 19.3 Å². The summed E-state index contributed by atoms with van der Waals surface area (Å²) >= 11 is 12.3. The summed E-state index contributed by atoms with van der Waals surface area (Å²) in [5.41, 5.74) is 2.85. The molecule has 2 heterocycles. The van der Waals surface area contributed by atoms with Gasteiger partial charge in [-0.3, -0.25) is 9.59 Å². The molecule has 0 bridgehead atoms. The Bertz CT molecular complexity index is 1530. The molecule has 3 aromatic carbocycles. The van der Waals surface area contributed by atoms with Gasteiger partial charge in [0.05, 0.1) is 16.3 Å². The molecule has 9 heteroatoms. The van der Waals surface area contributed by atoms with Gasteiger partial charge >= 0.3 is 0 Å². The summed E-state index contributed by atoms with van der Waals surface area (Å²) in [5, 5.41) is 8.10. The van der Waals surface area contributed by atoms with Crippen molar-refractivity contribution in [1.82, 2.24) is 20.0 Å². The van der Waals surface area contributed by atoms with Crippen LogP contribution in [0, 0.1) is 5.82 Å². The zero-order valence-electron chi connectivity index (χ0n) is 20.9. The smallest absolute Gasteiger partial charge is 0.270 e. The molecular weight excluding hydrogens is 538 g/mol. The number of benzene rings is 3. The Kier molecular flexibility index (Phi) is 8.10. The zero-order chi connectivity index (χ0) is 27.4. The zero-order valence-corrected chi connectivity index (χ0v) is 22.4. The predicted molar refractivity (Wildman–Crippen MR) is 151 cm³/mol. The van der Waals surface area contributed by atoms with Crippen molar-refractivity contribution in [1.29, 1.82) is 0 Å². The van der Waals surface area contributed by atoms with Crippen LogP contribution < -0.4 is 5.32 Å². The summed E-state index contributed by atoms with van der Waals surface area (Å²) in [6.45, 7) is 1.20. The summed E-state index contributed by atoms with van der Waals surface area (Å²) in [7, 11) is 0. The Balaban J connectivity index is 1.60. The number of halogens is 3. The van der Waals surface area contributed by atoms with Crippen LogP contribution in [0.1, 0.15) is 35.2 Å². The van der Waals surface area contributed by atoms with E-state index in [1.165, 1.54) is 24.3 Å². The van der Waals surface area contributed by atoms with Crippen molar-refractivity contribution in [3.8, 4) is 16.9 Å². The van der Waals surface area contributed by atoms with E-state index in [0.29, 0.717) is 34.9 Å². The molecule has 0 atom stereocenters. The van der Waals surface area contributed by atoms with Crippen molar-refractivity contribution in [2.75, 3.05) is 13.1 Å². The minimum Gasteiger partial charge on any atom is -0.337 e. The Hall–Kier alpha value is -3.94. The molecule has 1 aromatic heterocycles. The van der Waals surface area contributed by atoms with E-state index in [-0.39, 0.29) is 28.0 Å². The fourth-order valence-corrected chi connectivity index (χ4v) is 4.97. The molecule has 1 saturated heterocycles. The van der Waals surface area contributed by atoms with Crippen LogP contribution in [0.25, 0.3) is 23.0 Å². The SMILES string of the molecule is O=C(N/C(=C\c1cn(-c2ccccc2)nc1-c1ccc(F)cc1)C(=O)N1CCCCC1)c1ccc(Cl)cc1Cl. The topological polar surface area (TPSA) is 67.2 Å². The maximum atomic E-state index is 13.7. The average Bonchev–Trinajstić information content (AvgIpc) is 3.37. The third kappa shape index (κ3) is 6.21. The number of amides is 2. The van der Waals surface area contributed by atoms with E-state index < -0.39 is 5.91 Å². The summed E-state index contributed by atoms with van der Waals surface area (Å²) in [6, 6.07) is 20.0. The number of para-hydroxylation sites is 1. The highest BCUT2D eigenvalue weighted by atomic mass is 35.5. The van der Waals surface area contributed by atoms with Gasteiger partial charge in [0.1, 0.15) is 17.2 Å². The molecule has 0 spiro atoms. The average molecular weight is 563 g/mol. The van der Waals surface area contributed by atoms with E-state index >= 15 is 0 Å². The maximum Gasteiger partial charge on any atom is 0.270 e. The number of likely N-dealkylation sites (tertiary alicyclic amines) is 1. The van der Waals surface area contributed by atoms with Gasteiger partial charge in [-0.15, -0.1) is 0 Å². The highest BCUT2D eigenvalue weighted by molar-refractivity contribution is 6.36. The first-order chi connectivity index (χ1) is 18.9. The molecule has 39 heavy (non-hydrogen) atoms. The molecule has 0 saturated carbocycles. The van der Waals surface area contributed by atoms with Crippen LogP contribution in [0.4, 0.5) is 4.39 Å². The predicted octanol–water partition coefficient (Wildman–Crippen LogP) is 6.77. The van der Waals surface area contributed by atoms with Gasteiger partial charge in [0, 0.05) is 35.4 Å². The number of carbonyl (C=O) groups excluding carboxylic acids is 2. The number of nitrogens with zero attached hydrogens (tertiary/aromatic N) is 3. The summed E-state index contributed by atoms with van der Waals surface area (Å²) in [6.07, 6.45) is 6.22. The minimum absolute atomic E-state index is 0.0869. The molecule has 2 amide bonds. The van der Waals surface area contributed by atoms with E-state index in [2.05, 4.69) is 5.32 Å². The number of carbonyl (C=O) groups is 2. The first-order valence-corrected chi connectivity index (χ1v) is 13.3. The lowest BCUT2D eigenvalue weighted by molar-refractivity contribution is -0.128. The van der Waals surface area contributed by atoms with Crippen molar-refractivity contribution in [3.63, 3.8) is 0 Å². The molecule has 5 rings (SSSR count). The molecule has 1 fully saturated rings. The number of aromatic nitrogens is 2. The van der Waals surface area contributed by atoms with Crippen molar-refractivity contribution in [3.05, 3.63) is 112 Å². The van der Waals surface area contributed by atoms with E-state index in [4.69, 9.17) is 28.3 Å². The van der Waals surface area contributed by atoms with Crippen LogP contribution >= 0.6 is 23.2 Å². The molecule has 0 unspecified atom stereocenters. The molecule has 1 N–H and O–H groups in total. The number of nitrogens with one attached hydrogen (secondary N) is 1. The normalized spacial score (nSPS) is 13.8.